The van der Waals surface area contributed by atoms with Gasteiger partial charge in [0, 0.05) is 0 Å². The van der Waals surface area contributed by atoms with Crippen molar-refractivity contribution in [2.24, 2.45) is 0 Å². The van der Waals surface area contributed by atoms with E-state index in [0.29, 0.717) is 0 Å². The van der Waals surface area contributed by atoms with Crippen LogP contribution in [0.2, 0.25) is 0 Å². The molecule has 0 aliphatic rings. The van der Waals surface area contributed by atoms with E-state index in [1.807, 2.05) is 6.07 Å². The highest BCUT2D eigenvalue weighted by atomic mass is 31.2. The largest absolute Gasteiger partial charge is 0.494 e. The van der Waals surface area contributed by atoms with E-state index in [1.165, 1.54) is 65.3 Å². The molecule has 0 atom stereocenters. The molecular formula is C40H42OP+. The molecule has 0 aliphatic carbocycles. The van der Waals surface area contributed by atoms with Crippen LogP contribution in [0, 0.1) is 0 Å². The second kappa shape index (κ2) is 15.9. The van der Waals surface area contributed by atoms with Gasteiger partial charge in [0.15, 0.2) is 0 Å². The first-order valence-electron chi connectivity index (χ1n) is 15.4. The van der Waals surface area contributed by atoms with Crippen LogP contribution in [0.15, 0.2) is 146 Å². The predicted molar refractivity (Wildman–Crippen MR) is 185 cm³/mol. The van der Waals surface area contributed by atoms with Gasteiger partial charge in [-0.05, 0) is 78.9 Å². The van der Waals surface area contributed by atoms with Crippen LogP contribution in [-0.2, 0) is 0 Å². The summed E-state index contributed by atoms with van der Waals surface area (Å²) in [5, 5.41) is 4.46. The molecule has 5 aromatic carbocycles. The Morgan fingerprint density at radius 3 is 1.31 bits per heavy atom. The standard InChI is InChI=1S/C40H42OP/c1(3-17-33-41-37-31-29-36(30-32-37)28-27-35-19-9-5-10-20-35)2-4-18-34-42(38-21-11-6-12-22-38,39-23-13-7-14-24-39)40-25-15-8-16-26-40/h5-16,19-32H,1-4,17-18,33-34H2/q+1. The summed E-state index contributed by atoms with van der Waals surface area (Å²) in [7, 11) is -1.70. The highest BCUT2D eigenvalue weighted by Gasteiger charge is 2.44. The van der Waals surface area contributed by atoms with Crippen molar-refractivity contribution in [3.05, 3.63) is 157 Å². The number of ether oxygens (including phenoxy) is 1. The van der Waals surface area contributed by atoms with Gasteiger partial charge in [-0.3, -0.25) is 0 Å². The van der Waals surface area contributed by atoms with Crippen molar-refractivity contribution >= 4 is 35.3 Å². The Balaban J connectivity index is 1.07. The molecular weight excluding hydrogens is 527 g/mol. The molecule has 0 fully saturated rings. The quantitative estimate of drug-likeness (QED) is 0.0693. The summed E-state index contributed by atoms with van der Waals surface area (Å²) in [5.41, 5.74) is 2.40. The van der Waals surface area contributed by atoms with E-state index in [-0.39, 0.29) is 0 Å². The summed E-state index contributed by atoms with van der Waals surface area (Å²) in [6.45, 7) is 0.782. The van der Waals surface area contributed by atoms with Crippen molar-refractivity contribution in [1.29, 1.82) is 0 Å². The third-order valence-electron chi connectivity index (χ3n) is 7.90. The molecule has 0 heterocycles. The first kappa shape index (κ1) is 29.6. The summed E-state index contributed by atoms with van der Waals surface area (Å²) >= 11 is 0. The molecule has 212 valence electrons. The molecule has 5 aromatic rings. The fourth-order valence-corrected chi connectivity index (χ4v) is 10.1. The fourth-order valence-electron chi connectivity index (χ4n) is 5.66. The Kier molecular flexibility index (Phi) is 11.2. The second-order valence-corrected chi connectivity index (χ2v) is 14.4. The maximum Gasteiger partial charge on any atom is 0.119 e. The highest BCUT2D eigenvalue weighted by molar-refractivity contribution is 7.95. The zero-order valence-corrected chi connectivity index (χ0v) is 25.4. The fraction of sp³-hybridized carbons (Fsp3) is 0.200. The monoisotopic (exact) mass is 569 g/mol. The molecule has 0 aromatic heterocycles. The van der Waals surface area contributed by atoms with Gasteiger partial charge in [-0.1, -0.05) is 128 Å². The highest BCUT2D eigenvalue weighted by Crippen LogP contribution is 2.56. The van der Waals surface area contributed by atoms with Crippen molar-refractivity contribution in [2.75, 3.05) is 12.8 Å². The number of unbranched alkanes of at least 4 members (excludes halogenated alkanes) is 5. The minimum atomic E-state index is -1.70. The van der Waals surface area contributed by atoms with Crippen molar-refractivity contribution in [3.63, 3.8) is 0 Å². The van der Waals surface area contributed by atoms with Gasteiger partial charge in [0.25, 0.3) is 0 Å². The lowest BCUT2D eigenvalue weighted by Crippen LogP contribution is -2.33. The second-order valence-electron chi connectivity index (χ2n) is 10.8. The van der Waals surface area contributed by atoms with Gasteiger partial charge in [0.2, 0.25) is 0 Å². The summed E-state index contributed by atoms with van der Waals surface area (Å²) in [6.07, 6.45) is 12.9. The number of benzene rings is 5. The maximum atomic E-state index is 6.02. The lowest BCUT2D eigenvalue weighted by molar-refractivity contribution is 0.304. The molecule has 5 rings (SSSR count). The third kappa shape index (κ3) is 8.09. The molecule has 0 radical (unpaired) electrons. The Labute approximate surface area is 253 Å². The van der Waals surface area contributed by atoms with E-state index in [4.69, 9.17) is 4.74 Å². The van der Waals surface area contributed by atoms with Gasteiger partial charge in [-0.25, -0.2) is 0 Å². The van der Waals surface area contributed by atoms with E-state index < -0.39 is 7.26 Å². The van der Waals surface area contributed by atoms with Gasteiger partial charge in [0.1, 0.15) is 28.9 Å². The lowest BCUT2D eigenvalue weighted by atomic mass is 10.1. The molecule has 2 heteroatoms. The summed E-state index contributed by atoms with van der Waals surface area (Å²) in [6, 6.07) is 52.5. The van der Waals surface area contributed by atoms with Crippen LogP contribution in [0.3, 0.4) is 0 Å². The number of hydrogen-bond donors (Lipinski definition) is 0. The van der Waals surface area contributed by atoms with E-state index in [2.05, 4.69) is 152 Å². The van der Waals surface area contributed by atoms with Gasteiger partial charge >= 0.3 is 0 Å². The Hall–Kier alpha value is -3.93. The topological polar surface area (TPSA) is 9.23 Å². The van der Waals surface area contributed by atoms with E-state index in [0.717, 1.165) is 18.8 Å². The first-order chi connectivity index (χ1) is 20.8. The van der Waals surface area contributed by atoms with E-state index in [1.54, 1.807) is 0 Å². The van der Waals surface area contributed by atoms with E-state index in [9.17, 15) is 0 Å². The molecule has 42 heavy (non-hydrogen) atoms. The average Bonchev–Trinajstić information content (AvgIpc) is 3.07. The minimum Gasteiger partial charge on any atom is -0.494 e. The van der Waals surface area contributed by atoms with Gasteiger partial charge in [-0.2, -0.15) is 0 Å². The smallest absolute Gasteiger partial charge is 0.119 e. The van der Waals surface area contributed by atoms with Gasteiger partial charge in [0.05, 0.1) is 12.8 Å². The molecule has 0 unspecified atom stereocenters. The molecule has 0 bridgehead atoms. The Morgan fingerprint density at radius 2 is 0.810 bits per heavy atom. The minimum absolute atomic E-state index is 0.782. The molecule has 0 spiro atoms. The Morgan fingerprint density at radius 1 is 0.405 bits per heavy atom. The van der Waals surface area contributed by atoms with Crippen LogP contribution in [-0.4, -0.2) is 12.8 Å². The number of hydrogen-bond acceptors (Lipinski definition) is 1. The summed E-state index contributed by atoms with van der Waals surface area (Å²) in [5.74, 6) is 0.954. The SMILES string of the molecule is C(=Cc1ccc(OCCCCCCCC[P+](c2ccccc2)(c2ccccc2)c2ccccc2)cc1)c1ccccc1. The molecule has 0 saturated carbocycles. The molecule has 0 aliphatic heterocycles. The van der Waals surface area contributed by atoms with Crippen molar-refractivity contribution in [1.82, 2.24) is 0 Å². The van der Waals surface area contributed by atoms with Crippen LogP contribution >= 0.6 is 7.26 Å². The first-order valence-corrected chi connectivity index (χ1v) is 17.3. The lowest BCUT2D eigenvalue weighted by Gasteiger charge is -2.27. The van der Waals surface area contributed by atoms with Crippen LogP contribution in [0.1, 0.15) is 49.7 Å². The third-order valence-corrected chi connectivity index (χ3v) is 12.4. The maximum absolute atomic E-state index is 6.02. The number of rotatable bonds is 15. The van der Waals surface area contributed by atoms with Gasteiger partial charge in [-0.15, -0.1) is 0 Å². The van der Waals surface area contributed by atoms with Crippen molar-refractivity contribution in [2.45, 2.75) is 38.5 Å². The van der Waals surface area contributed by atoms with Crippen molar-refractivity contribution in [3.8, 4) is 5.75 Å². The van der Waals surface area contributed by atoms with E-state index >= 15 is 0 Å². The normalized spacial score (nSPS) is 11.5. The van der Waals surface area contributed by atoms with Crippen LogP contribution in [0.5, 0.6) is 5.75 Å². The summed E-state index contributed by atoms with van der Waals surface area (Å²) in [4.78, 5) is 0. The average molecular weight is 570 g/mol. The van der Waals surface area contributed by atoms with Crippen LogP contribution in [0.25, 0.3) is 12.2 Å². The van der Waals surface area contributed by atoms with Crippen molar-refractivity contribution < 1.29 is 4.74 Å². The molecule has 0 amide bonds. The molecule has 0 N–H and O–H groups in total. The predicted octanol–water partition coefficient (Wildman–Crippen LogP) is 9.57. The molecule has 1 nitrogen and oxygen atoms in total. The zero-order valence-electron chi connectivity index (χ0n) is 24.5. The van der Waals surface area contributed by atoms with Crippen LogP contribution < -0.4 is 20.7 Å². The van der Waals surface area contributed by atoms with Gasteiger partial charge < -0.3 is 4.74 Å². The zero-order chi connectivity index (χ0) is 28.7. The molecule has 0 saturated heterocycles. The Bertz CT molecular complexity index is 1370. The van der Waals surface area contributed by atoms with Crippen LogP contribution in [0.4, 0.5) is 0 Å². The summed E-state index contributed by atoms with van der Waals surface area (Å²) < 4.78 is 6.02.